The Labute approximate surface area is 172 Å². The minimum Gasteiger partial charge on any atom is -0.398 e. The molecule has 0 amide bonds. The smallest absolute Gasteiger partial charge is 0.0985 e. The predicted molar refractivity (Wildman–Crippen MR) is 122 cm³/mol. The third kappa shape index (κ3) is 2.35. The third-order valence-corrected chi connectivity index (χ3v) is 5.76. The summed E-state index contributed by atoms with van der Waals surface area (Å²) < 4.78 is 0. The fourth-order valence-corrected chi connectivity index (χ4v) is 4.23. The van der Waals surface area contributed by atoms with Crippen LogP contribution in [0.25, 0.3) is 54.7 Å². The quantitative estimate of drug-likeness (QED) is 0.300. The third-order valence-electron chi connectivity index (χ3n) is 5.76. The molecule has 0 saturated heterocycles. The van der Waals surface area contributed by atoms with Crippen LogP contribution in [-0.2, 0) is 0 Å². The summed E-state index contributed by atoms with van der Waals surface area (Å²) in [5, 5.41) is 4.08. The maximum absolute atomic E-state index is 6.28. The van der Waals surface area contributed by atoms with Crippen molar-refractivity contribution in [2.45, 2.75) is 6.92 Å². The fourth-order valence-electron chi connectivity index (χ4n) is 4.23. The highest BCUT2D eigenvalue weighted by atomic mass is 14.8. The van der Waals surface area contributed by atoms with Gasteiger partial charge in [-0.2, -0.15) is 0 Å². The first-order valence-electron chi connectivity index (χ1n) is 9.77. The van der Waals surface area contributed by atoms with Crippen molar-refractivity contribution < 1.29 is 0 Å². The molecule has 4 heterocycles. The number of hydrogen-bond donors (Lipinski definition) is 1. The molecule has 2 aromatic carbocycles. The molecule has 0 aliphatic carbocycles. The largest absolute Gasteiger partial charge is 0.398 e. The number of pyridine rings is 4. The van der Waals surface area contributed by atoms with Gasteiger partial charge in [-0.15, -0.1) is 0 Å². The Balaban J connectivity index is 1.60. The summed E-state index contributed by atoms with van der Waals surface area (Å²) in [5.41, 5.74) is 13.7. The van der Waals surface area contributed by atoms with E-state index in [4.69, 9.17) is 15.7 Å². The van der Waals surface area contributed by atoms with E-state index in [-0.39, 0.29) is 0 Å². The second-order valence-corrected chi connectivity index (χ2v) is 7.49. The first kappa shape index (κ1) is 16.8. The number of aromatic nitrogens is 4. The predicted octanol–water partition coefficient (Wildman–Crippen LogP) is 5.44. The molecule has 0 spiro atoms. The van der Waals surface area contributed by atoms with E-state index in [2.05, 4.69) is 41.2 Å². The van der Waals surface area contributed by atoms with Crippen LogP contribution in [0, 0.1) is 6.92 Å². The van der Waals surface area contributed by atoms with Crippen molar-refractivity contribution >= 4 is 49.3 Å². The molecule has 6 aromatic rings. The first-order chi connectivity index (χ1) is 14.7. The number of aryl methyl sites for hydroxylation is 1. The molecular weight excluding hydrogens is 370 g/mol. The average molecular weight is 387 g/mol. The molecule has 30 heavy (non-hydrogen) atoms. The van der Waals surface area contributed by atoms with Crippen molar-refractivity contribution in [1.29, 1.82) is 0 Å². The van der Waals surface area contributed by atoms with Crippen LogP contribution < -0.4 is 5.73 Å². The van der Waals surface area contributed by atoms with Crippen molar-refractivity contribution in [3.8, 4) is 11.1 Å². The zero-order valence-corrected chi connectivity index (χ0v) is 16.3. The van der Waals surface area contributed by atoms with Gasteiger partial charge in [0.05, 0.1) is 22.1 Å². The molecule has 5 heteroatoms. The maximum atomic E-state index is 6.28. The van der Waals surface area contributed by atoms with Gasteiger partial charge in [0.25, 0.3) is 0 Å². The highest BCUT2D eigenvalue weighted by Crippen LogP contribution is 2.34. The van der Waals surface area contributed by atoms with E-state index in [0.717, 1.165) is 60.3 Å². The van der Waals surface area contributed by atoms with Crippen LogP contribution in [0.5, 0.6) is 0 Å². The van der Waals surface area contributed by atoms with E-state index >= 15 is 0 Å². The molecule has 5 nitrogen and oxygen atoms in total. The van der Waals surface area contributed by atoms with Crippen LogP contribution in [0.1, 0.15) is 5.56 Å². The van der Waals surface area contributed by atoms with Gasteiger partial charge in [-0.05, 0) is 42.8 Å². The lowest BCUT2D eigenvalue weighted by molar-refractivity contribution is 1.33. The maximum Gasteiger partial charge on any atom is 0.0985 e. The highest BCUT2D eigenvalue weighted by Gasteiger charge is 2.13. The summed E-state index contributed by atoms with van der Waals surface area (Å²) in [6.07, 6.45) is 7.38. The molecule has 0 aliphatic heterocycles. The first-order valence-corrected chi connectivity index (χ1v) is 9.77. The van der Waals surface area contributed by atoms with Gasteiger partial charge in [-0.1, -0.05) is 18.2 Å². The summed E-state index contributed by atoms with van der Waals surface area (Å²) in [4.78, 5) is 18.5. The molecule has 0 unspecified atom stereocenters. The van der Waals surface area contributed by atoms with Crippen molar-refractivity contribution in [1.82, 2.24) is 19.9 Å². The minimum atomic E-state index is 0.704. The van der Waals surface area contributed by atoms with Crippen LogP contribution in [-0.4, -0.2) is 19.9 Å². The molecule has 0 bridgehead atoms. The molecular formula is C25H17N5. The molecule has 0 fully saturated rings. The van der Waals surface area contributed by atoms with Gasteiger partial charge in [0.1, 0.15) is 0 Å². The van der Waals surface area contributed by atoms with E-state index < -0.39 is 0 Å². The normalized spacial score (nSPS) is 11.6. The van der Waals surface area contributed by atoms with Crippen molar-refractivity contribution in [3.05, 3.63) is 78.9 Å². The zero-order chi connectivity index (χ0) is 20.2. The molecule has 2 N–H and O–H groups in total. The Morgan fingerprint density at radius 2 is 1.40 bits per heavy atom. The summed E-state index contributed by atoms with van der Waals surface area (Å²) >= 11 is 0. The van der Waals surface area contributed by atoms with E-state index in [1.807, 2.05) is 42.9 Å². The molecule has 0 atom stereocenters. The Morgan fingerprint density at radius 1 is 0.667 bits per heavy atom. The van der Waals surface area contributed by atoms with E-state index in [0.29, 0.717) is 5.69 Å². The molecule has 142 valence electrons. The summed E-state index contributed by atoms with van der Waals surface area (Å²) in [5.74, 6) is 0. The molecule has 0 radical (unpaired) electrons. The summed E-state index contributed by atoms with van der Waals surface area (Å²) in [6.45, 7) is 2.12. The van der Waals surface area contributed by atoms with Gasteiger partial charge in [0.15, 0.2) is 0 Å². The van der Waals surface area contributed by atoms with Crippen LogP contribution in [0.3, 0.4) is 0 Å². The van der Waals surface area contributed by atoms with Crippen LogP contribution in [0.2, 0.25) is 0 Å². The zero-order valence-electron chi connectivity index (χ0n) is 16.3. The number of benzene rings is 2. The number of rotatable bonds is 1. The second kappa shape index (κ2) is 6.19. The van der Waals surface area contributed by atoms with E-state index in [1.165, 1.54) is 0 Å². The molecule has 0 aliphatic rings. The standard InChI is InChI=1S/C25H17N5/c1-14-18-7-6-15-4-2-8-27-22(15)24(18)30-13-20(14)17-10-16-11-21(26)19-5-3-9-28-25(19)23(16)29-12-17/h2-13H,26H2,1H3. The summed E-state index contributed by atoms with van der Waals surface area (Å²) in [7, 11) is 0. The second-order valence-electron chi connectivity index (χ2n) is 7.49. The Kier molecular flexibility index (Phi) is 3.47. The van der Waals surface area contributed by atoms with Crippen molar-refractivity contribution in [2.24, 2.45) is 0 Å². The lowest BCUT2D eigenvalue weighted by Crippen LogP contribution is -1.94. The highest BCUT2D eigenvalue weighted by molar-refractivity contribution is 6.09. The number of nitrogen functional groups attached to an aromatic ring is 1. The van der Waals surface area contributed by atoms with Crippen LogP contribution >= 0.6 is 0 Å². The molecule has 6 rings (SSSR count). The molecule has 4 aromatic heterocycles. The van der Waals surface area contributed by atoms with Crippen LogP contribution in [0.15, 0.2) is 73.3 Å². The van der Waals surface area contributed by atoms with Gasteiger partial charge >= 0.3 is 0 Å². The summed E-state index contributed by atoms with van der Waals surface area (Å²) in [6, 6.07) is 16.2. The average Bonchev–Trinajstić information content (AvgIpc) is 2.79. The number of anilines is 1. The Morgan fingerprint density at radius 3 is 2.30 bits per heavy atom. The Hall–Kier alpha value is -4.12. The van der Waals surface area contributed by atoms with Gasteiger partial charge in [0, 0.05) is 63.1 Å². The van der Waals surface area contributed by atoms with Gasteiger partial charge in [-0.3, -0.25) is 19.9 Å². The Bertz CT molecular complexity index is 1620. The van der Waals surface area contributed by atoms with E-state index in [1.54, 1.807) is 6.20 Å². The van der Waals surface area contributed by atoms with Crippen LogP contribution in [0.4, 0.5) is 5.69 Å². The fraction of sp³-hybridized carbons (Fsp3) is 0.0400. The minimum absolute atomic E-state index is 0.704. The van der Waals surface area contributed by atoms with Crippen molar-refractivity contribution in [3.63, 3.8) is 0 Å². The number of hydrogen-bond acceptors (Lipinski definition) is 5. The number of nitrogens with zero attached hydrogens (tertiary/aromatic N) is 4. The number of fused-ring (bicyclic) bond motifs is 6. The topological polar surface area (TPSA) is 77.6 Å². The lowest BCUT2D eigenvalue weighted by atomic mass is 9.97. The van der Waals surface area contributed by atoms with Gasteiger partial charge in [0.2, 0.25) is 0 Å². The monoisotopic (exact) mass is 387 g/mol. The van der Waals surface area contributed by atoms with E-state index in [9.17, 15) is 0 Å². The molecule has 0 saturated carbocycles. The SMILES string of the molecule is Cc1c(-c2cnc3c(c2)cc(N)c2cccnc23)cnc2c1ccc1cccnc12. The van der Waals surface area contributed by atoms with Gasteiger partial charge < -0.3 is 5.73 Å². The number of nitrogens with two attached hydrogens (primary N) is 1. The van der Waals surface area contributed by atoms with Crippen molar-refractivity contribution in [2.75, 3.05) is 5.73 Å². The van der Waals surface area contributed by atoms with Gasteiger partial charge in [-0.25, -0.2) is 0 Å². The lowest BCUT2D eigenvalue weighted by Gasteiger charge is -2.12.